The fraction of sp³-hybridized carbons (Fsp3) is 0.592. The second-order valence-corrected chi connectivity index (χ2v) is 16.2. The van der Waals surface area contributed by atoms with Crippen molar-refractivity contribution in [2.75, 3.05) is 0 Å². The number of rotatable bonds is 9. The van der Waals surface area contributed by atoms with Gasteiger partial charge in [-0.15, -0.1) is 0 Å². The number of hydrogen-bond donors (Lipinski definition) is 0. The summed E-state index contributed by atoms with van der Waals surface area (Å²) in [4.78, 5) is 0. The summed E-state index contributed by atoms with van der Waals surface area (Å²) in [5.41, 5.74) is 4.35. The van der Waals surface area contributed by atoms with E-state index in [-0.39, 0.29) is 11.6 Å². The Balaban J connectivity index is 0.000000198. The average molecular weight is 691 g/mol. The lowest BCUT2D eigenvalue weighted by Crippen LogP contribution is -2.23. The molecule has 0 heterocycles. The molecule has 0 spiro atoms. The molecule has 2 unspecified atom stereocenters. The molecule has 4 aliphatic carbocycles. The van der Waals surface area contributed by atoms with Crippen LogP contribution >= 0.6 is 0 Å². The van der Waals surface area contributed by atoms with Gasteiger partial charge in [-0.3, -0.25) is 0 Å². The number of hydrogen-bond acceptors (Lipinski definition) is 0. The molecular weight excluding hydrogens is 627 g/mol. The summed E-state index contributed by atoms with van der Waals surface area (Å²) in [6, 6.07) is 12.9. The topological polar surface area (TPSA) is 0 Å². The quantitative estimate of drug-likeness (QED) is 0.181. The maximum Gasteiger partial charge on any atom is 0.123 e. The average Bonchev–Trinajstić information content (AvgIpc) is 3.18. The van der Waals surface area contributed by atoms with Crippen LogP contribution in [0.15, 0.2) is 71.8 Å². The Hall–Kier alpha value is -3.10. The Bertz CT molecular complexity index is 1490. The minimum atomic E-state index is -0.199. The summed E-state index contributed by atoms with van der Waals surface area (Å²) in [6.45, 7) is 4.60. The van der Waals surface area contributed by atoms with Crippen molar-refractivity contribution in [1.82, 2.24) is 0 Å². The second kappa shape index (κ2) is 21.4. The first-order valence-corrected chi connectivity index (χ1v) is 20.9. The molecule has 0 radical (unpaired) electrons. The molecule has 274 valence electrons. The predicted molar refractivity (Wildman–Crippen MR) is 212 cm³/mol. The molecule has 2 aromatic rings. The molecule has 0 amide bonds. The monoisotopic (exact) mass is 690 g/mol. The van der Waals surface area contributed by atoms with Crippen LogP contribution in [-0.4, -0.2) is 0 Å². The highest BCUT2D eigenvalue weighted by Gasteiger charge is 2.29. The van der Waals surface area contributed by atoms with E-state index in [9.17, 15) is 8.78 Å². The van der Waals surface area contributed by atoms with Crippen molar-refractivity contribution in [2.24, 2.45) is 35.5 Å². The number of allylic oxidation sites excluding steroid dienone is 4. The Labute approximate surface area is 310 Å². The third-order valence-electron chi connectivity index (χ3n) is 12.6. The van der Waals surface area contributed by atoms with E-state index in [1.165, 1.54) is 157 Å². The third-order valence-corrected chi connectivity index (χ3v) is 12.6. The minimum Gasteiger partial charge on any atom is -0.207 e. The Morgan fingerprint density at radius 2 is 0.882 bits per heavy atom. The van der Waals surface area contributed by atoms with E-state index >= 15 is 0 Å². The Morgan fingerprint density at radius 3 is 1.25 bits per heavy atom. The minimum absolute atomic E-state index is 0.199. The first-order chi connectivity index (χ1) is 25.0. The van der Waals surface area contributed by atoms with Crippen molar-refractivity contribution in [3.05, 3.63) is 94.6 Å². The highest BCUT2D eigenvalue weighted by Crippen LogP contribution is 2.42. The van der Waals surface area contributed by atoms with Crippen LogP contribution in [0.1, 0.15) is 160 Å². The highest BCUT2D eigenvalue weighted by atomic mass is 19.1. The molecule has 0 N–H and O–H groups in total. The molecule has 4 aliphatic rings. The molecule has 51 heavy (non-hydrogen) atoms. The van der Waals surface area contributed by atoms with Crippen LogP contribution in [0.4, 0.5) is 8.78 Å². The predicted octanol–water partition coefficient (Wildman–Crippen LogP) is 14.2. The van der Waals surface area contributed by atoms with Crippen molar-refractivity contribution in [3.8, 4) is 23.7 Å². The highest BCUT2D eigenvalue weighted by molar-refractivity contribution is 5.42. The molecule has 0 saturated heterocycles. The summed E-state index contributed by atoms with van der Waals surface area (Å²) >= 11 is 0. The standard InChI is InChI=1S/C25H33F.C24H31F/c1-2-3-4-5-20-8-14-23(15-9-20)24-16-10-21(11-17-24)6-7-22-12-18-25(26)19-13-22;1-2-3-4-19-7-13-22(14-8-19)23-15-9-20(10-16-23)5-6-21-11-17-24(25)18-12-21/h10,12-13,18-20,23-24H,2-5,8-9,11,14-17H2,1H3;9,11-12,17-19,22-23H,2-4,7-8,10,13-16H2,1H3. The molecule has 2 fully saturated rings. The lowest BCUT2D eigenvalue weighted by atomic mass is 9.70. The van der Waals surface area contributed by atoms with E-state index < -0.39 is 0 Å². The van der Waals surface area contributed by atoms with Gasteiger partial charge in [0.15, 0.2) is 0 Å². The molecule has 2 saturated carbocycles. The van der Waals surface area contributed by atoms with Crippen molar-refractivity contribution in [2.45, 2.75) is 149 Å². The van der Waals surface area contributed by atoms with Crippen molar-refractivity contribution in [3.63, 3.8) is 0 Å². The zero-order valence-electron chi connectivity index (χ0n) is 31.8. The zero-order chi connectivity index (χ0) is 35.7. The Morgan fingerprint density at radius 1 is 0.471 bits per heavy atom. The van der Waals surface area contributed by atoms with Gasteiger partial charge in [0.25, 0.3) is 0 Å². The van der Waals surface area contributed by atoms with E-state index in [1.54, 1.807) is 24.3 Å². The smallest absolute Gasteiger partial charge is 0.123 e. The lowest BCUT2D eigenvalue weighted by molar-refractivity contribution is 0.186. The van der Waals surface area contributed by atoms with Crippen molar-refractivity contribution < 1.29 is 8.78 Å². The van der Waals surface area contributed by atoms with Crippen LogP contribution in [0.5, 0.6) is 0 Å². The molecule has 0 aliphatic heterocycles. The summed E-state index contributed by atoms with van der Waals surface area (Å²) in [7, 11) is 0. The fourth-order valence-electron chi connectivity index (χ4n) is 9.24. The molecule has 2 aromatic carbocycles. The van der Waals surface area contributed by atoms with E-state index in [0.717, 1.165) is 59.5 Å². The van der Waals surface area contributed by atoms with Gasteiger partial charge in [0.2, 0.25) is 0 Å². The van der Waals surface area contributed by atoms with Crippen LogP contribution in [0.25, 0.3) is 0 Å². The maximum atomic E-state index is 12.9. The van der Waals surface area contributed by atoms with E-state index in [4.69, 9.17) is 0 Å². The van der Waals surface area contributed by atoms with Gasteiger partial charge in [0, 0.05) is 11.1 Å². The lowest BCUT2D eigenvalue weighted by Gasteiger charge is -2.35. The molecule has 0 aromatic heterocycles. The first-order valence-electron chi connectivity index (χ1n) is 20.9. The molecule has 0 nitrogen and oxygen atoms in total. The van der Waals surface area contributed by atoms with Gasteiger partial charge in [-0.05, 0) is 159 Å². The SMILES string of the molecule is CCCCC1CCC(C2CC=C(C#Cc3ccc(F)cc3)CC2)CC1.CCCCCC1CCC(C2CC=C(C#Cc3ccc(F)cc3)CC2)CC1. The normalized spacial score (nSPS) is 26.2. The number of halogens is 2. The number of benzene rings is 2. The molecule has 0 bridgehead atoms. The van der Waals surface area contributed by atoms with Gasteiger partial charge in [-0.1, -0.05) is 120 Å². The van der Waals surface area contributed by atoms with Gasteiger partial charge in [-0.2, -0.15) is 0 Å². The van der Waals surface area contributed by atoms with E-state index in [2.05, 4.69) is 49.7 Å². The summed E-state index contributed by atoms with van der Waals surface area (Å²) in [5.74, 6) is 18.2. The molecular formula is C49H64F2. The second-order valence-electron chi connectivity index (χ2n) is 16.2. The molecule has 2 heteroatoms. The Kier molecular flexibility index (Phi) is 16.4. The van der Waals surface area contributed by atoms with Crippen LogP contribution in [0, 0.1) is 70.8 Å². The van der Waals surface area contributed by atoms with Gasteiger partial charge in [0.1, 0.15) is 11.6 Å². The fourth-order valence-corrected chi connectivity index (χ4v) is 9.24. The van der Waals surface area contributed by atoms with E-state index in [1.807, 2.05) is 0 Å². The van der Waals surface area contributed by atoms with Crippen molar-refractivity contribution >= 4 is 0 Å². The van der Waals surface area contributed by atoms with Gasteiger partial charge < -0.3 is 0 Å². The maximum absolute atomic E-state index is 12.9. The summed E-state index contributed by atoms with van der Waals surface area (Å²) < 4.78 is 25.9. The van der Waals surface area contributed by atoms with Crippen LogP contribution in [0.2, 0.25) is 0 Å². The summed E-state index contributed by atoms with van der Waals surface area (Å²) in [5, 5.41) is 0. The van der Waals surface area contributed by atoms with Gasteiger partial charge >= 0.3 is 0 Å². The van der Waals surface area contributed by atoms with E-state index in [0.29, 0.717) is 0 Å². The number of unbranched alkanes of at least 4 members (excludes halogenated alkanes) is 3. The third kappa shape index (κ3) is 13.4. The van der Waals surface area contributed by atoms with Crippen molar-refractivity contribution in [1.29, 1.82) is 0 Å². The van der Waals surface area contributed by atoms with Crippen LogP contribution in [-0.2, 0) is 0 Å². The van der Waals surface area contributed by atoms with Gasteiger partial charge in [0.05, 0.1) is 0 Å². The van der Waals surface area contributed by atoms with Crippen LogP contribution in [0.3, 0.4) is 0 Å². The zero-order valence-corrected chi connectivity index (χ0v) is 31.8. The molecule has 6 rings (SSSR count). The van der Waals surface area contributed by atoms with Gasteiger partial charge in [-0.25, -0.2) is 8.78 Å². The first kappa shape index (κ1) is 39.1. The molecule has 2 atom stereocenters. The largest absolute Gasteiger partial charge is 0.207 e. The van der Waals surface area contributed by atoms with Crippen LogP contribution < -0.4 is 0 Å². The summed E-state index contributed by atoms with van der Waals surface area (Å²) in [6.07, 6.45) is 33.5.